The second-order valence-corrected chi connectivity index (χ2v) is 5.83. The van der Waals surface area contributed by atoms with Crippen LogP contribution in [0.25, 0.3) is 0 Å². The fourth-order valence-electron chi connectivity index (χ4n) is 3.88. The molecule has 18 heavy (non-hydrogen) atoms. The Balaban J connectivity index is 1.86. The fourth-order valence-corrected chi connectivity index (χ4v) is 3.88. The molecular weight excluding hydrogens is 222 g/mol. The van der Waals surface area contributed by atoms with Gasteiger partial charge in [0.2, 0.25) is 0 Å². The van der Waals surface area contributed by atoms with Crippen LogP contribution < -0.4 is 0 Å². The molecule has 0 aliphatic carbocycles. The second kappa shape index (κ2) is 5.02. The Hall–Kier alpha value is -0.860. The summed E-state index contributed by atoms with van der Waals surface area (Å²) in [4.78, 5) is 2.59. The lowest BCUT2D eigenvalue weighted by Gasteiger charge is -2.51. The minimum absolute atomic E-state index is 0.118. The van der Waals surface area contributed by atoms with Gasteiger partial charge in [0.25, 0.3) is 0 Å². The van der Waals surface area contributed by atoms with E-state index in [0.29, 0.717) is 18.1 Å². The highest BCUT2D eigenvalue weighted by Crippen LogP contribution is 2.39. The summed E-state index contributed by atoms with van der Waals surface area (Å²) in [6, 6.07) is 12.2. The van der Waals surface area contributed by atoms with Crippen molar-refractivity contribution in [2.75, 3.05) is 0 Å². The van der Waals surface area contributed by atoms with E-state index < -0.39 is 0 Å². The first kappa shape index (κ1) is 12.2. The second-order valence-electron chi connectivity index (χ2n) is 5.83. The van der Waals surface area contributed by atoms with E-state index in [1.165, 1.54) is 18.4 Å². The van der Waals surface area contributed by atoms with Gasteiger partial charge in [0.15, 0.2) is 0 Å². The zero-order valence-electron chi connectivity index (χ0n) is 11.1. The van der Waals surface area contributed by atoms with Crippen LogP contribution in [0.4, 0.5) is 0 Å². The molecule has 2 aliphatic heterocycles. The maximum Gasteiger partial charge on any atom is 0.0696 e. The van der Waals surface area contributed by atoms with Crippen molar-refractivity contribution in [3.05, 3.63) is 35.9 Å². The number of rotatable bonds is 2. The van der Waals surface area contributed by atoms with Crippen LogP contribution in [0.1, 0.15) is 50.6 Å². The molecule has 2 nitrogen and oxygen atoms in total. The van der Waals surface area contributed by atoms with Crippen molar-refractivity contribution in [1.82, 2.24) is 4.90 Å². The van der Waals surface area contributed by atoms with Gasteiger partial charge in [0.1, 0.15) is 0 Å². The SMILES string of the molecule is C[C@H](c1ccccc1)N1[C@@H]2CCC[C@H]1[C@H](O)CC2. The average Bonchev–Trinajstić information content (AvgIpc) is 2.43. The molecule has 2 aliphatic rings. The molecule has 1 aromatic rings. The summed E-state index contributed by atoms with van der Waals surface area (Å²) in [5.41, 5.74) is 1.38. The molecule has 1 aromatic carbocycles. The van der Waals surface area contributed by atoms with Crippen LogP contribution in [0, 0.1) is 0 Å². The average molecular weight is 245 g/mol. The minimum atomic E-state index is -0.118. The highest BCUT2D eigenvalue weighted by molar-refractivity contribution is 5.19. The third-order valence-electron chi connectivity index (χ3n) is 4.81. The lowest BCUT2D eigenvalue weighted by molar-refractivity contribution is -0.0685. The Labute approximate surface area is 110 Å². The molecule has 0 unspecified atom stereocenters. The van der Waals surface area contributed by atoms with E-state index in [1.807, 2.05) is 0 Å². The van der Waals surface area contributed by atoms with Gasteiger partial charge in [-0.1, -0.05) is 36.8 Å². The maximum absolute atomic E-state index is 10.2. The molecule has 2 heterocycles. The molecule has 2 fully saturated rings. The number of nitrogens with zero attached hydrogens (tertiary/aromatic N) is 1. The van der Waals surface area contributed by atoms with Crippen LogP contribution in [0.5, 0.6) is 0 Å². The normalized spacial score (nSPS) is 34.2. The molecule has 2 bridgehead atoms. The molecule has 0 spiro atoms. The number of benzene rings is 1. The highest BCUT2D eigenvalue weighted by atomic mass is 16.3. The van der Waals surface area contributed by atoms with Crippen LogP contribution >= 0.6 is 0 Å². The first-order valence-electron chi connectivity index (χ1n) is 7.28. The van der Waals surface area contributed by atoms with Crippen molar-refractivity contribution in [3.63, 3.8) is 0 Å². The largest absolute Gasteiger partial charge is 0.391 e. The van der Waals surface area contributed by atoms with E-state index in [2.05, 4.69) is 42.2 Å². The fraction of sp³-hybridized carbons (Fsp3) is 0.625. The number of piperidine rings is 2. The van der Waals surface area contributed by atoms with Crippen LogP contribution in [0.3, 0.4) is 0 Å². The van der Waals surface area contributed by atoms with E-state index >= 15 is 0 Å². The lowest BCUT2D eigenvalue weighted by Crippen LogP contribution is -2.56. The summed E-state index contributed by atoms with van der Waals surface area (Å²) in [5.74, 6) is 0. The lowest BCUT2D eigenvalue weighted by atomic mass is 9.81. The molecule has 2 heteroatoms. The standard InChI is InChI=1S/C16H23NO/c1-12(13-6-3-2-4-7-13)17-14-8-5-9-15(17)16(18)11-10-14/h2-4,6-7,12,14-16,18H,5,8-11H2,1H3/t12-,14-,15+,16-/m1/s1. The summed E-state index contributed by atoms with van der Waals surface area (Å²) in [5, 5.41) is 10.2. The summed E-state index contributed by atoms with van der Waals surface area (Å²) in [6.45, 7) is 2.29. The zero-order valence-corrected chi connectivity index (χ0v) is 11.1. The third kappa shape index (κ3) is 2.08. The number of fused-ring (bicyclic) bond motifs is 2. The third-order valence-corrected chi connectivity index (χ3v) is 4.81. The number of aliphatic hydroxyl groups is 1. The van der Waals surface area contributed by atoms with Crippen LogP contribution in [-0.4, -0.2) is 28.2 Å². The molecule has 0 saturated carbocycles. The van der Waals surface area contributed by atoms with Crippen LogP contribution in [0.2, 0.25) is 0 Å². The summed E-state index contributed by atoms with van der Waals surface area (Å²) >= 11 is 0. The maximum atomic E-state index is 10.2. The molecule has 98 valence electrons. The Morgan fingerprint density at radius 2 is 1.89 bits per heavy atom. The molecule has 0 amide bonds. The van der Waals surface area contributed by atoms with Gasteiger partial charge in [-0.2, -0.15) is 0 Å². The van der Waals surface area contributed by atoms with Gasteiger partial charge < -0.3 is 5.11 Å². The Bertz CT molecular complexity index is 391. The molecule has 0 radical (unpaired) electrons. The monoisotopic (exact) mass is 245 g/mol. The molecule has 0 aromatic heterocycles. The van der Waals surface area contributed by atoms with Gasteiger partial charge in [-0.25, -0.2) is 0 Å². The number of hydrogen-bond donors (Lipinski definition) is 1. The van der Waals surface area contributed by atoms with Crippen molar-refractivity contribution in [1.29, 1.82) is 0 Å². The van der Waals surface area contributed by atoms with Crippen molar-refractivity contribution < 1.29 is 5.11 Å². The smallest absolute Gasteiger partial charge is 0.0696 e. The first-order valence-corrected chi connectivity index (χ1v) is 7.28. The van der Waals surface area contributed by atoms with Gasteiger partial charge in [-0.15, -0.1) is 0 Å². The Morgan fingerprint density at radius 3 is 2.67 bits per heavy atom. The summed E-state index contributed by atoms with van der Waals surface area (Å²) in [7, 11) is 0. The van der Waals surface area contributed by atoms with Gasteiger partial charge in [-0.05, 0) is 38.2 Å². The van der Waals surface area contributed by atoms with E-state index in [0.717, 1.165) is 19.3 Å². The van der Waals surface area contributed by atoms with Crippen molar-refractivity contribution in [2.45, 2.75) is 63.3 Å². The zero-order chi connectivity index (χ0) is 12.5. The van der Waals surface area contributed by atoms with E-state index in [1.54, 1.807) is 0 Å². The van der Waals surface area contributed by atoms with Crippen molar-refractivity contribution in [2.24, 2.45) is 0 Å². The molecule has 1 N–H and O–H groups in total. The minimum Gasteiger partial charge on any atom is -0.391 e. The van der Waals surface area contributed by atoms with Gasteiger partial charge >= 0.3 is 0 Å². The molecule has 3 rings (SSSR count). The Morgan fingerprint density at radius 1 is 1.11 bits per heavy atom. The molecule has 2 saturated heterocycles. The van der Waals surface area contributed by atoms with E-state index in [4.69, 9.17) is 0 Å². The van der Waals surface area contributed by atoms with E-state index in [-0.39, 0.29) is 6.10 Å². The number of aliphatic hydroxyl groups excluding tert-OH is 1. The van der Waals surface area contributed by atoms with Crippen LogP contribution in [0.15, 0.2) is 30.3 Å². The van der Waals surface area contributed by atoms with Gasteiger partial charge in [0, 0.05) is 18.1 Å². The predicted molar refractivity (Wildman–Crippen MR) is 73.4 cm³/mol. The van der Waals surface area contributed by atoms with Crippen LogP contribution in [-0.2, 0) is 0 Å². The predicted octanol–water partition coefficient (Wildman–Crippen LogP) is 3.13. The molecular formula is C16H23NO. The van der Waals surface area contributed by atoms with Gasteiger partial charge in [-0.3, -0.25) is 4.90 Å². The summed E-state index contributed by atoms with van der Waals surface area (Å²) in [6.07, 6.45) is 5.79. The first-order chi connectivity index (χ1) is 8.77. The number of hydrogen-bond acceptors (Lipinski definition) is 2. The quantitative estimate of drug-likeness (QED) is 0.865. The Kier molecular flexibility index (Phi) is 3.40. The molecule has 4 atom stereocenters. The van der Waals surface area contributed by atoms with Gasteiger partial charge in [0.05, 0.1) is 6.10 Å². The highest BCUT2D eigenvalue weighted by Gasteiger charge is 2.41. The van der Waals surface area contributed by atoms with Crippen molar-refractivity contribution >= 4 is 0 Å². The summed E-state index contributed by atoms with van der Waals surface area (Å²) < 4.78 is 0. The van der Waals surface area contributed by atoms with Crippen molar-refractivity contribution in [3.8, 4) is 0 Å². The topological polar surface area (TPSA) is 23.5 Å². The van der Waals surface area contributed by atoms with E-state index in [9.17, 15) is 5.11 Å².